The number of hydrogen-bond donors (Lipinski definition) is 2. The fraction of sp³-hybridized carbons (Fsp3) is 0.188. The van der Waals surface area contributed by atoms with E-state index in [9.17, 15) is 0 Å². The molecule has 2 heteroatoms. The maximum Gasteiger partial charge on any atom is 0.0831 e. The number of rotatable bonds is 1. The molecule has 0 saturated carbocycles. The molecule has 0 spiro atoms. The molecule has 2 nitrogen and oxygen atoms in total. The summed E-state index contributed by atoms with van der Waals surface area (Å²) in [4.78, 5) is 0. The van der Waals surface area contributed by atoms with Crippen molar-refractivity contribution in [1.82, 2.24) is 0 Å². The third kappa shape index (κ3) is 4.00. The van der Waals surface area contributed by atoms with Crippen LogP contribution in [0.4, 0.5) is 0 Å². The van der Waals surface area contributed by atoms with Crippen molar-refractivity contribution in [3.63, 3.8) is 0 Å². The SMILES string of the molecule is C.Cc1ccccc1-c1ccccc1C.N=C=N. The third-order valence-corrected chi connectivity index (χ3v) is 2.58. The van der Waals surface area contributed by atoms with E-state index in [2.05, 4.69) is 62.4 Å². The zero-order chi connectivity index (χ0) is 12.7. The Kier molecular flexibility index (Phi) is 7.02. The minimum atomic E-state index is 0. The van der Waals surface area contributed by atoms with Gasteiger partial charge in [-0.1, -0.05) is 56.0 Å². The molecular weight excluding hydrogens is 220 g/mol. The van der Waals surface area contributed by atoms with Crippen LogP contribution in [-0.2, 0) is 0 Å². The predicted octanol–water partition coefficient (Wildman–Crippen LogP) is 4.92. The van der Waals surface area contributed by atoms with Gasteiger partial charge in [-0.25, -0.2) is 10.8 Å². The number of aryl methyl sites for hydroxylation is 2. The summed E-state index contributed by atoms with van der Waals surface area (Å²) < 4.78 is 0. The molecule has 0 saturated heterocycles. The molecule has 2 rings (SSSR count). The van der Waals surface area contributed by atoms with E-state index in [0.29, 0.717) is 0 Å². The Morgan fingerprint density at radius 3 is 1.28 bits per heavy atom. The first kappa shape index (κ1) is 15.8. The van der Waals surface area contributed by atoms with Crippen LogP contribution in [-0.4, -0.2) is 6.01 Å². The molecule has 18 heavy (non-hydrogen) atoms. The van der Waals surface area contributed by atoms with E-state index in [1.807, 2.05) is 0 Å². The van der Waals surface area contributed by atoms with Crippen LogP contribution in [0.5, 0.6) is 0 Å². The molecule has 2 N–H and O–H groups in total. The summed E-state index contributed by atoms with van der Waals surface area (Å²) >= 11 is 0. The lowest BCUT2D eigenvalue weighted by molar-refractivity contribution is 1.41. The molecular formula is C16H20N2. The Morgan fingerprint density at radius 2 is 1.00 bits per heavy atom. The zero-order valence-corrected chi connectivity index (χ0v) is 10.1. The molecule has 0 fully saturated rings. The highest BCUT2D eigenvalue weighted by Gasteiger charge is 2.02. The predicted molar refractivity (Wildman–Crippen MR) is 78.5 cm³/mol. The first-order valence-electron chi connectivity index (χ1n) is 5.40. The summed E-state index contributed by atoms with van der Waals surface area (Å²) in [7, 11) is 0. The fourth-order valence-electron chi connectivity index (χ4n) is 1.75. The van der Waals surface area contributed by atoms with Crippen LogP contribution in [0.1, 0.15) is 18.6 Å². The van der Waals surface area contributed by atoms with Gasteiger partial charge in [-0.15, -0.1) is 0 Å². The van der Waals surface area contributed by atoms with E-state index in [1.165, 1.54) is 28.3 Å². The van der Waals surface area contributed by atoms with E-state index in [4.69, 9.17) is 10.8 Å². The molecule has 0 aliphatic heterocycles. The van der Waals surface area contributed by atoms with Gasteiger partial charge in [0.15, 0.2) is 0 Å². The molecule has 2 aromatic carbocycles. The van der Waals surface area contributed by atoms with E-state index in [-0.39, 0.29) is 7.43 Å². The molecule has 0 bridgehead atoms. The molecule has 2 aromatic rings. The summed E-state index contributed by atoms with van der Waals surface area (Å²) in [5.74, 6) is 0. The first-order chi connectivity index (χ1) is 8.20. The van der Waals surface area contributed by atoms with Gasteiger partial charge >= 0.3 is 0 Å². The highest BCUT2D eigenvalue weighted by molar-refractivity contribution is 5.70. The van der Waals surface area contributed by atoms with Crippen molar-refractivity contribution in [3.8, 4) is 11.1 Å². The molecule has 0 aliphatic carbocycles. The van der Waals surface area contributed by atoms with Gasteiger partial charge in [-0.05, 0) is 36.1 Å². The van der Waals surface area contributed by atoms with Crippen molar-refractivity contribution in [3.05, 3.63) is 59.7 Å². The van der Waals surface area contributed by atoms with Gasteiger partial charge in [0.05, 0.1) is 6.01 Å². The second-order valence-corrected chi connectivity index (χ2v) is 3.75. The number of nitrogens with one attached hydrogen (secondary N) is 2. The van der Waals surface area contributed by atoms with Gasteiger partial charge in [0, 0.05) is 0 Å². The van der Waals surface area contributed by atoms with Gasteiger partial charge in [0.1, 0.15) is 0 Å². The highest BCUT2D eigenvalue weighted by Crippen LogP contribution is 2.25. The van der Waals surface area contributed by atoms with Crippen LogP contribution < -0.4 is 0 Å². The Bertz CT molecular complexity index is 481. The van der Waals surface area contributed by atoms with E-state index in [0.717, 1.165) is 0 Å². The summed E-state index contributed by atoms with van der Waals surface area (Å²) in [5, 5.41) is 11.2. The lowest BCUT2D eigenvalue weighted by atomic mass is 9.97. The second-order valence-electron chi connectivity index (χ2n) is 3.75. The van der Waals surface area contributed by atoms with Crippen LogP contribution in [0, 0.1) is 24.7 Å². The van der Waals surface area contributed by atoms with Gasteiger partial charge in [-0.3, -0.25) is 0 Å². The molecule has 0 atom stereocenters. The van der Waals surface area contributed by atoms with Gasteiger partial charge < -0.3 is 0 Å². The Labute approximate surface area is 109 Å². The minimum Gasteiger partial charge on any atom is -0.242 e. The largest absolute Gasteiger partial charge is 0.242 e. The van der Waals surface area contributed by atoms with Gasteiger partial charge in [0.25, 0.3) is 0 Å². The maximum absolute atomic E-state index is 5.62. The Morgan fingerprint density at radius 1 is 0.722 bits per heavy atom. The van der Waals surface area contributed by atoms with E-state index >= 15 is 0 Å². The van der Waals surface area contributed by atoms with Crippen LogP contribution in [0.15, 0.2) is 48.5 Å². The van der Waals surface area contributed by atoms with Crippen molar-refractivity contribution in [2.75, 3.05) is 0 Å². The van der Waals surface area contributed by atoms with Crippen molar-refractivity contribution in [2.45, 2.75) is 21.3 Å². The zero-order valence-electron chi connectivity index (χ0n) is 10.1. The quantitative estimate of drug-likeness (QED) is 0.664. The van der Waals surface area contributed by atoms with Crippen LogP contribution in [0.2, 0.25) is 0 Å². The standard InChI is InChI=1S/C14H14.CH2N2.CH4/c1-11-7-3-5-9-13(11)14-10-6-4-8-12(14)2;2-1-3;/h3-10H,1-2H3;2-3H;1H4. The Balaban J connectivity index is 0.000000660. The molecule has 0 aromatic heterocycles. The topological polar surface area (TPSA) is 47.7 Å². The molecule has 0 unspecified atom stereocenters. The smallest absolute Gasteiger partial charge is 0.0831 e. The van der Waals surface area contributed by atoms with Crippen molar-refractivity contribution >= 4 is 6.01 Å². The molecule has 94 valence electrons. The van der Waals surface area contributed by atoms with Crippen LogP contribution in [0.25, 0.3) is 11.1 Å². The monoisotopic (exact) mass is 240 g/mol. The average Bonchev–Trinajstić information content (AvgIpc) is 2.32. The first-order valence-corrected chi connectivity index (χ1v) is 5.40. The second kappa shape index (κ2) is 7.99. The fourth-order valence-corrected chi connectivity index (χ4v) is 1.75. The molecule has 0 aliphatic rings. The number of benzene rings is 2. The number of hydrogen-bond acceptors (Lipinski definition) is 2. The third-order valence-electron chi connectivity index (χ3n) is 2.58. The van der Waals surface area contributed by atoms with Crippen LogP contribution in [0.3, 0.4) is 0 Å². The van der Waals surface area contributed by atoms with Gasteiger partial charge in [-0.2, -0.15) is 0 Å². The van der Waals surface area contributed by atoms with Crippen molar-refractivity contribution in [1.29, 1.82) is 10.8 Å². The lowest BCUT2D eigenvalue weighted by Gasteiger charge is -2.08. The summed E-state index contributed by atoms with van der Waals surface area (Å²) in [6, 6.07) is 18.3. The normalized spacial score (nSPS) is 8.33. The lowest BCUT2D eigenvalue weighted by Crippen LogP contribution is -1.85. The van der Waals surface area contributed by atoms with E-state index in [1.54, 1.807) is 0 Å². The Hall–Kier alpha value is -2.18. The van der Waals surface area contributed by atoms with E-state index < -0.39 is 0 Å². The van der Waals surface area contributed by atoms with Gasteiger partial charge in [0.2, 0.25) is 0 Å². The highest BCUT2D eigenvalue weighted by atomic mass is 14.4. The average molecular weight is 240 g/mol. The summed E-state index contributed by atoms with van der Waals surface area (Å²) in [5.41, 5.74) is 5.35. The molecule has 0 radical (unpaired) electrons. The molecule has 0 heterocycles. The maximum atomic E-state index is 5.62. The summed E-state index contributed by atoms with van der Waals surface area (Å²) in [6.45, 7) is 4.31. The van der Waals surface area contributed by atoms with Crippen molar-refractivity contribution < 1.29 is 0 Å². The van der Waals surface area contributed by atoms with Crippen LogP contribution >= 0.6 is 0 Å². The van der Waals surface area contributed by atoms with Crippen molar-refractivity contribution in [2.24, 2.45) is 0 Å². The molecule has 0 amide bonds. The minimum absolute atomic E-state index is 0. The summed E-state index contributed by atoms with van der Waals surface area (Å²) in [6.07, 6.45) is 0.